The van der Waals surface area contributed by atoms with Gasteiger partial charge in [0.2, 0.25) is 0 Å². The minimum Gasteiger partial charge on any atom is -0.338 e. The second kappa shape index (κ2) is 6.05. The molecular formula is C16H20BrFN2O. The van der Waals surface area contributed by atoms with Crippen molar-refractivity contribution in [1.82, 2.24) is 9.80 Å². The number of fused-ring (bicyclic) bond motifs is 1. The molecule has 0 aromatic heterocycles. The molecule has 2 aliphatic heterocycles. The molecule has 21 heavy (non-hydrogen) atoms. The zero-order valence-electron chi connectivity index (χ0n) is 12.2. The highest BCUT2D eigenvalue weighted by atomic mass is 79.9. The first-order chi connectivity index (χ1) is 10.1. The standard InChI is InChI=1S/C16H20BrFN2O/c1-19-8-3-4-11-10-20(9-7-14(11)19)16(21)15-12(17)5-2-6-13(15)18/h2,5-6,11,14H,3-4,7-10H2,1H3. The molecule has 1 aromatic rings. The highest BCUT2D eigenvalue weighted by Crippen LogP contribution is 2.31. The molecule has 3 nitrogen and oxygen atoms in total. The van der Waals surface area contributed by atoms with Crippen LogP contribution in [0.3, 0.4) is 0 Å². The fraction of sp³-hybridized carbons (Fsp3) is 0.562. The smallest absolute Gasteiger partial charge is 0.257 e. The van der Waals surface area contributed by atoms with Crippen LogP contribution in [0.1, 0.15) is 29.6 Å². The third-order valence-corrected chi connectivity index (χ3v) is 5.47. The van der Waals surface area contributed by atoms with Crippen molar-refractivity contribution >= 4 is 21.8 Å². The van der Waals surface area contributed by atoms with Gasteiger partial charge in [-0.2, -0.15) is 0 Å². The Labute approximate surface area is 133 Å². The Balaban J connectivity index is 1.78. The van der Waals surface area contributed by atoms with E-state index < -0.39 is 5.82 Å². The predicted octanol–water partition coefficient (Wildman–Crippen LogP) is 3.14. The lowest BCUT2D eigenvalue weighted by molar-refractivity contribution is 0.0313. The fourth-order valence-electron chi connectivity index (χ4n) is 3.70. The van der Waals surface area contributed by atoms with E-state index in [9.17, 15) is 9.18 Å². The second-order valence-electron chi connectivity index (χ2n) is 6.09. The first kappa shape index (κ1) is 15.0. The first-order valence-corrected chi connectivity index (χ1v) is 8.30. The van der Waals surface area contributed by atoms with E-state index in [4.69, 9.17) is 0 Å². The molecule has 0 saturated carbocycles. The Hall–Kier alpha value is -0.940. The summed E-state index contributed by atoms with van der Waals surface area (Å²) in [7, 11) is 2.17. The summed E-state index contributed by atoms with van der Waals surface area (Å²) < 4.78 is 14.5. The van der Waals surface area contributed by atoms with Gasteiger partial charge < -0.3 is 9.80 Å². The summed E-state index contributed by atoms with van der Waals surface area (Å²) in [5, 5.41) is 0. The Bertz CT molecular complexity index is 531. The number of hydrogen-bond acceptors (Lipinski definition) is 2. The van der Waals surface area contributed by atoms with E-state index >= 15 is 0 Å². The average molecular weight is 355 g/mol. The molecular weight excluding hydrogens is 335 g/mol. The molecule has 0 bridgehead atoms. The summed E-state index contributed by atoms with van der Waals surface area (Å²) in [5.74, 6) is -0.115. The van der Waals surface area contributed by atoms with Gasteiger partial charge >= 0.3 is 0 Å². The normalized spacial score (nSPS) is 26.5. The maximum atomic E-state index is 14.0. The summed E-state index contributed by atoms with van der Waals surface area (Å²) in [5.41, 5.74) is 0.167. The topological polar surface area (TPSA) is 23.6 Å². The molecule has 2 aliphatic rings. The van der Waals surface area contributed by atoms with Crippen LogP contribution in [0.2, 0.25) is 0 Å². The molecule has 0 aliphatic carbocycles. The average Bonchev–Trinajstić information content (AvgIpc) is 2.47. The number of hydrogen-bond donors (Lipinski definition) is 0. The van der Waals surface area contributed by atoms with Gasteiger partial charge in [0.25, 0.3) is 5.91 Å². The van der Waals surface area contributed by atoms with Crippen LogP contribution in [0.15, 0.2) is 22.7 Å². The summed E-state index contributed by atoms with van der Waals surface area (Å²) >= 11 is 3.30. The number of amides is 1. The van der Waals surface area contributed by atoms with Gasteiger partial charge in [0, 0.05) is 23.6 Å². The second-order valence-corrected chi connectivity index (χ2v) is 6.94. The molecule has 5 heteroatoms. The predicted molar refractivity (Wildman–Crippen MR) is 83.8 cm³/mol. The van der Waals surface area contributed by atoms with Gasteiger partial charge in [-0.15, -0.1) is 0 Å². The van der Waals surface area contributed by atoms with Gasteiger partial charge in [0.1, 0.15) is 5.82 Å². The number of carbonyl (C=O) groups is 1. The van der Waals surface area contributed by atoms with Gasteiger partial charge in [-0.1, -0.05) is 6.07 Å². The summed E-state index contributed by atoms with van der Waals surface area (Å²) in [6, 6.07) is 5.25. The largest absolute Gasteiger partial charge is 0.338 e. The van der Waals surface area contributed by atoms with Crippen LogP contribution >= 0.6 is 15.9 Å². The van der Waals surface area contributed by atoms with E-state index in [2.05, 4.69) is 27.9 Å². The van der Waals surface area contributed by atoms with Crippen LogP contribution in [0.4, 0.5) is 4.39 Å². The highest BCUT2D eigenvalue weighted by Gasteiger charge is 2.36. The van der Waals surface area contributed by atoms with E-state index in [-0.39, 0.29) is 11.5 Å². The maximum Gasteiger partial charge on any atom is 0.257 e. The van der Waals surface area contributed by atoms with Crippen LogP contribution in [0.5, 0.6) is 0 Å². The Kier molecular flexibility index (Phi) is 4.31. The minimum absolute atomic E-state index is 0.167. The maximum absolute atomic E-state index is 14.0. The Morgan fingerprint density at radius 3 is 2.90 bits per heavy atom. The van der Waals surface area contributed by atoms with Crippen molar-refractivity contribution in [3.8, 4) is 0 Å². The first-order valence-electron chi connectivity index (χ1n) is 7.51. The molecule has 114 valence electrons. The zero-order chi connectivity index (χ0) is 15.0. The molecule has 0 radical (unpaired) electrons. The number of carbonyl (C=O) groups excluding carboxylic acids is 1. The van der Waals surface area contributed by atoms with Gasteiger partial charge in [0.05, 0.1) is 5.56 Å². The molecule has 2 unspecified atom stereocenters. The molecule has 0 spiro atoms. The van der Waals surface area contributed by atoms with E-state index in [0.717, 1.165) is 25.9 Å². The van der Waals surface area contributed by atoms with Crippen LogP contribution in [0, 0.1) is 11.7 Å². The molecule has 2 fully saturated rings. The molecule has 0 N–H and O–H groups in total. The molecule has 2 heterocycles. The number of benzene rings is 1. The van der Waals surface area contributed by atoms with Crippen molar-refractivity contribution < 1.29 is 9.18 Å². The fourth-order valence-corrected chi connectivity index (χ4v) is 4.21. The van der Waals surface area contributed by atoms with E-state index in [1.165, 1.54) is 12.5 Å². The van der Waals surface area contributed by atoms with Crippen molar-refractivity contribution in [3.63, 3.8) is 0 Å². The Morgan fingerprint density at radius 1 is 1.33 bits per heavy atom. The third kappa shape index (κ3) is 2.86. The van der Waals surface area contributed by atoms with E-state index in [1.807, 2.05) is 4.90 Å². The summed E-state index contributed by atoms with van der Waals surface area (Å²) in [6.07, 6.45) is 3.33. The molecule has 1 aromatic carbocycles. The highest BCUT2D eigenvalue weighted by molar-refractivity contribution is 9.10. The number of nitrogens with zero attached hydrogens (tertiary/aromatic N) is 2. The summed E-state index contributed by atoms with van der Waals surface area (Å²) in [4.78, 5) is 16.9. The molecule has 2 atom stereocenters. The van der Waals surface area contributed by atoms with Crippen molar-refractivity contribution in [2.75, 3.05) is 26.7 Å². The molecule has 2 saturated heterocycles. The third-order valence-electron chi connectivity index (χ3n) is 4.81. The lowest BCUT2D eigenvalue weighted by Crippen LogP contribution is -2.54. The van der Waals surface area contributed by atoms with Crippen LogP contribution in [-0.2, 0) is 0 Å². The Morgan fingerprint density at radius 2 is 2.14 bits per heavy atom. The lowest BCUT2D eigenvalue weighted by Gasteiger charge is -2.46. The summed E-state index contributed by atoms with van der Waals surface area (Å²) in [6.45, 7) is 2.60. The quantitative estimate of drug-likeness (QED) is 0.773. The number of piperidine rings is 2. The zero-order valence-corrected chi connectivity index (χ0v) is 13.8. The monoisotopic (exact) mass is 354 g/mol. The van der Waals surface area contributed by atoms with Crippen LogP contribution in [-0.4, -0.2) is 48.4 Å². The van der Waals surface area contributed by atoms with Crippen LogP contribution in [0.25, 0.3) is 0 Å². The van der Waals surface area contributed by atoms with Gasteiger partial charge in [-0.05, 0) is 66.8 Å². The lowest BCUT2D eigenvalue weighted by atomic mass is 9.84. The van der Waals surface area contributed by atoms with Crippen LogP contribution < -0.4 is 0 Å². The number of rotatable bonds is 1. The van der Waals surface area contributed by atoms with Gasteiger partial charge in [-0.3, -0.25) is 4.79 Å². The van der Waals surface area contributed by atoms with Gasteiger partial charge in [0.15, 0.2) is 0 Å². The number of likely N-dealkylation sites (tertiary alicyclic amines) is 2. The van der Waals surface area contributed by atoms with Crippen molar-refractivity contribution in [3.05, 3.63) is 34.1 Å². The number of halogens is 2. The van der Waals surface area contributed by atoms with Crippen molar-refractivity contribution in [2.24, 2.45) is 5.92 Å². The minimum atomic E-state index is -0.447. The van der Waals surface area contributed by atoms with E-state index in [0.29, 0.717) is 23.0 Å². The molecule has 3 rings (SSSR count). The van der Waals surface area contributed by atoms with Crippen molar-refractivity contribution in [1.29, 1.82) is 0 Å². The van der Waals surface area contributed by atoms with Crippen molar-refractivity contribution in [2.45, 2.75) is 25.3 Å². The van der Waals surface area contributed by atoms with Gasteiger partial charge in [-0.25, -0.2) is 4.39 Å². The SMILES string of the molecule is CN1CCCC2CN(C(=O)c3c(F)cccc3Br)CCC21. The molecule has 1 amide bonds. The van der Waals surface area contributed by atoms with E-state index in [1.54, 1.807) is 12.1 Å².